The molecule has 0 bridgehead atoms. The van der Waals surface area contributed by atoms with Crippen molar-refractivity contribution in [1.29, 1.82) is 0 Å². The third-order valence-corrected chi connectivity index (χ3v) is 1.90. The van der Waals surface area contributed by atoms with Gasteiger partial charge in [-0.2, -0.15) is 0 Å². The summed E-state index contributed by atoms with van der Waals surface area (Å²) in [6.07, 6.45) is 3.29. The molecule has 0 saturated carbocycles. The Hall–Kier alpha value is -2.35. The van der Waals surface area contributed by atoms with E-state index < -0.39 is 5.97 Å². The number of aromatic nitrogens is 1. The standard InChI is InChI=1S/C12H12N2O3/c1-9(15)14-6-3-2-4-10-8-13-7-5-11(10)12(16)17/h5,7-8H,3,6H2,1H3,(H,14,15)(H,16,17). The molecule has 1 aromatic rings. The highest BCUT2D eigenvalue weighted by Gasteiger charge is 2.06. The van der Waals surface area contributed by atoms with Gasteiger partial charge in [-0.3, -0.25) is 9.78 Å². The second-order valence-electron chi connectivity index (χ2n) is 3.26. The van der Waals surface area contributed by atoms with Gasteiger partial charge in [-0.1, -0.05) is 11.8 Å². The van der Waals surface area contributed by atoms with E-state index in [1.54, 1.807) is 0 Å². The van der Waals surface area contributed by atoms with Gasteiger partial charge in [0.1, 0.15) is 0 Å². The fourth-order valence-electron chi connectivity index (χ4n) is 1.14. The Bertz CT molecular complexity index is 486. The van der Waals surface area contributed by atoms with E-state index in [1.807, 2.05) is 0 Å². The monoisotopic (exact) mass is 232 g/mol. The van der Waals surface area contributed by atoms with Crippen LogP contribution in [0.5, 0.6) is 0 Å². The minimum absolute atomic E-state index is 0.112. The Kier molecular flexibility index (Phi) is 4.70. The van der Waals surface area contributed by atoms with Crippen molar-refractivity contribution in [2.45, 2.75) is 13.3 Å². The third-order valence-electron chi connectivity index (χ3n) is 1.90. The van der Waals surface area contributed by atoms with E-state index in [2.05, 4.69) is 22.1 Å². The molecule has 0 radical (unpaired) electrons. The number of hydrogen-bond acceptors (Lipinski definition) is 3. The summed E-state index contributed by atoms with van der Waals surface area (Å²) in [7, 11) is 0. The zero-order valence-corrected chi connectivity index (χ0v) is 9.36. The van der Waals surface area contributed by atoms with E-state index in [0.29, 0.717) is 18.5 Å². The number of aromatic carboxylic acids is 1. The minimum atomic E-state index is -1.03. The summed E-state index contributed by atoms with van der Waals surface area (Å²) < 4.78 is 0. The van der Waals surface area contributed by atoms with Crippen LogP contribution in [0.1, 0.15) is 29.3 Å². The van der Waals surface area contributed by atoms with Crippen molar-refractivity contribution >= 4 is 11.9 Å². The van der Waals surface area contributed by atoms with Gasteiger partial charge in [-0.15, -0.1) is 0 Å². The molecule has 0 spiro atoms. The highest BCUT2D eigenvalue weighted by molar-refractivity contribution is 5.90. The van der Waals surface area contributed by atoms with E-state index in [4.69, 9.17) is 5.11 Å². The maximum atomic E-state index is 10.8. The van der Waals surface area contributed by atoms with Gasteiger partial charge in [-0.05, 0) is 6.07 Å². The van der Waals surface area contributed by atoms with Crippen molar-refractivity contribution in [3.05, 3.63) is 29.6 Å². The first-order valence-corrected chi connectivity index (χ1v) is 5.02. The van der Waals surface area contributed by atoms with Crippen molar-refractivity contribution in [3.8, 4) is 11.8 Å². The van der Waals surface area contributed by atoms with Crippen LogP contribution in [0.2, 0.25) is 0 Å². The van der Waals surface area contributed by atoms with E-state index in [1.165, 1.54) is 25.4 Å². The van der Waals surface area contributed by atoms with Crippen molar-refractivity contribution in [1.82, 2.24) is 10.3 Å². The van der Waals surface area contributed by atoms with E-state index in [0.717, 1.165) is 0 Å². The number of carbonyl (C=O) groups excluding carboxylic acids is 1. The number of carboxylic acids is 1. The molecule has 0 fully saturated rings. The second kappa shape index (κ2) is 6.28. The first-order valence-electron chi connectivity index (χ1n) is 5.02. The zero-order chi connectivity index (χ0) is 12.7. The lowest BCUT2D eigenvalue weighted by atomic mass is 10.1. The van der Waals surface area contributed by atoms with E-state index in [9.17, 15) is 9.59 Å². The van der Waals surface area contributed by atoms with E-state index in [-0.39, 0.29) is 11.5 Å². The molecule has 1 amide bonds. The molecule has 2 N–H and O–H groups in total. The Morgan fingerprint density at radius 2 is 2.29 bits per heavy atom. The molecule has 1 rings (SSSR count). The molecular formula is C12H12N2O3. The maximum Gasteiger partial charge on any atom is 0.337 e. The number of carbonyl (C=O) groups is 2. The predicted molar refractivity (Wildman–Crippen MR) is 61.4 cm³/mol. The zero-order valence-electron chi connectivity index (χ0n) is 9.36. The largest absolute Gasteiger partial charge is 0.478 e. The van der Waals surface area contributed by atoms with Crippen LogP contribution in [0.4, 0.5) is 0 Å². The number of pyridine rings is 1. The average molecular weight is 232 g/mol. The van der Waals surface area contributed by atoms with Gasteiger partial charge in [0, 0.05) is 32.3 Å². The minimum Gasteiger partial charge on any atom is -0.478 e. The first-order chi connectivity index (χ1) is 8.11. The molecular weight excluding hydrogens is 220 g/mol. The van der Waals surface area contributed by atoms with Gasteiger partial charge in [0.05, 0.1) is 11.1 Å². The molecule has 1 aromatic heterocycles. The average Bonchev–Trinajstić information content (AvgIpc) is 2.28. The van der Waals surface area contributed by atoms with Crippen LogP contribution in [0, 0.1) is 11.8 Å². The summed E-state index contributed by atoms with van der Waals surface area (Å²) in [6, 6.07) is 1.40. The highest BCUT2D eigenvalue weighted by Crippen LogP contribution is 2.04. The Balaban J connectivity index is 2.65. The molecule has 0 aliphatic heterocycles. The molecule has 5 heteroatoms. The van der Waals surface area contributed by atoms with Gasteiger partial charge in [0.25, 0.3) is 0 Å². The van der Waals surface area contributed by atoms with Crippen LogP contribution in [0.3, 0.4) is 0 Å². The molecule has 1 heterocycles. The van der Waals surface area contributed by atoms with E-state index >= 15 is 0 Å². The molecule has 0 aliphatic carbocycles. The summed E-state index contributed by atoms with van der Waals surface area (Å²) in [5.74, 6) is 4.37. The second-order valence-corrected chi connectivity index (χ2v) is 3.26. The number of nitrogens with one attached hydrogen (secondary N) is 1. The number of nitrogens with zero attached hydrogens (tertiary/aromatic N) is 1. The predicted octanol–water partition coefficient (Wildman–Crippen LogP) is 0.657. The van der Waals surface area contributed by atoms with Gasteiger partial charge in [0.2, 0.25) is 5.91 Å². The van der Waals surface area contributed by atoms with Crippen molar-refractivity contribution in [3.63, 3.8) is 0 Å². The maximum absolute atomic E-state index is 10.8. The van der Waals surface area contributed by atoms with Crippen LogP contribution in [0.15, 0.2) is 18.5 Å². The third kappa shape index (κ3) is 4.34. The molecule has 0 saturated heterocycles. The number of carboxylic acid groups (broad SMARTS) is 1. The van der Waals surface area contributed by atoms with Crippen LogP contribution < -0.4 is 5.32 Å². The van der Waals surface area contributed by atoms with Crippen molar-refractivity contribution in [2.75, 3.05) is 6.54 Å². The lowest BCUT2D eigenvalue weighted by molar-refractivity contribution is -0.118. The Morgan fingerprint density at radius 3 is 2.94 bits per heavy atom. The Labute approximate surface area is 98.9 Å². The fraction of sp³-hybridized carbons (Fsp3) is 0.250. The van der Waals surface area contributed by atoms with Crippen LogP contribution in [0.25, 0.3) is 0 Å². The number of amides is 1. The van der Waals surface area contributed by atoms with Gasteiger partial charge in [0.15, 0.2) is 0 Å². The number of rotatable bonds is 3. The van der Waals surface area contributed by atoms with Gasteiger partial charge < -0.3 is 10.4 Å². The molecule has 0 aliphatic rings. The molecule has 88 valence electrons. The van der Waals surface area contributed by atoms with Crippen molar-refractivity contribution in [2.24, 2.45) is 0 Å². The fourth-order valence-corrected chi connectivity index (χ4v) is 1.14. The molecule has 0 unspecified atom stereocenters. The molecule has 5 nitrogen and oxygen atoms in total. The summed E-state index contributed by atoms with van der Waals surface area (Å²) in [4.78, 5) is 25.2. The van der Waals surface area contributed by atoms with Crippen LogP contribution in [-0.4, -0.2) is 28.5 Å². The molecule has 17 heavy (non-hydrogen) atoms. The van der Waals surface area contributed by atoms with Gasteiger partial charge >= 0.3 is 5.97 Å². The smallest absolute Gasteiger partial charge is 0.337 e. The summed E-state index contributed by atoms with van der Waals surface area (Å²) in [5, 5.41) is 11.5. The topological polar surface area (TPSA) is 79.3 Å². The highest BCUT2D eigenvalue weighted by atomic mass is 16.4. The lowest BCUT2D eigenvalue weighted by Crippen LogP contribution is -2.20. The normalized spacial score (nSPS) is 9.00. The Morgan fingerprint density at radius 1 is 1.53 bits per heavy atom. The lowest BCUT2D eigenvalue weighted by Gasteiger charge is -1.97. The molecule has 0 aromatic carbocycles. The first kappa shape index (κ1) is 12.7. The quantitative estimate of drug-likeness (QED) is 0.592. The summed E-state index contributed by atoms with van der Waals surface area (Å²) in [5.41, 5.74) is 0.509. The van der Waals surface area contributed by atoms with Gasteiger partial charge in [-0.25, -0.2) is 4.79 Å². The van der Waals surface area contributed by atoms with Crippen LogP contribution in [-0.2, 0) is 4.79 Å². The van der Waals surface area contributed by atoms with Crippen LogP contribution >= 0.6 is 0 Å². The number of hydrogen-bond donors (Lipinski definition) is 2. The SMILES string of the molecule is CC(=O)NCCC#Cc1cnccc1C(=O)O. The molecule has 0 atom stereocenters. The summed E-state index contributed by atoms with van der Waals surface area (Å²) >= 11 is 0. The summed E-state index contributed by atoms with van der Waals surface area (Å²) in [6.45, 7) is 1.88. The van der Waals surface area contributed by atoms with Crippen molar-refractivity contribution < 1.29 is 14.7 Å².